The third-order valence-electron chi connectivity index (χ3n) is 3.85. The Morgan fingerprint density at radius 3 is 2.92 bits per heavy atom. The molecular weight excluding hydrogens is 322 g/mol. The standard InChI is InChI=1S/C17H21N5OS/c1-21(2)15(13-6-8-24-12-13)10-19-17(23)18-9-14-11-22-7-4-3-5-16(22)20-14/h3-8,11-12,15H,9-10H2,1-2H3,(H2,18,19,23)/t15-/m1/s1. The van der Waals surface area contributed by atoms with Gasteiger partial charge in [0.2, 0.25) is 0 Å². The Bertz CT molecular complexity index is 763. The van der Waals surface area contributed by atoms with Crippen molar-refractivity contribution < 1.29 is 4.79 Å². The molecule has 2 N–H and O–H groups in total. The number of nitrogens with one attached hydrogen (secondary N) is 2. The summed E-state index contributed by atoms with van der Waals surface area (Å²) in [6.45, 7) is 0.958. The molecular formula is C17H21N5OS. The van der Waals surface area contributed by atoms with Gasteiger partial charge in [-0.3, -0.25) is 0 Å². The van der Waals surface area contributed by atoms with Gasteiger partial charge in [0.25, 0.3) is 0 Å². The summed E-state index contributed by atoms with van der Waals surface area (Å²) in [5, 5.41) is 9.96. The van der Waals surface area contributed by atoms with Crippen LogP contribution in [-0.4, -0.2) is 41.0 Å². The van der Waals surface area contributed by atoms with Crippen LogP contribution in [0.3, 0.4) is 0 Å². The van der Waals surface area contributed by atoms with Crippen molar-refractivity contribution in [3.63, 3.8) is 0 Å². The second-order valence-electron chi connectivity index (χ2n) is 5.80. The molecule has 0 aliphatic rings. The number of thiophene rings is 1. The van der Waals surface area contributed by atoms with Crippen LogP contribution in [0, 0.1) is 0 Å². The molecule has 1 atom stereocenters. The van der Waals surface area contributed by atoms with E-state index in [1.165, 1.54) is 5.56 Å². The van der Waals surface area contributed by atoms with Crippen LogP contribution in [0.1, 0.15) is 17.3 Å². The molecule has 3 aromatic heterocycles. The molecule has 24 heavy (non-hydrogen) atoms. The van der Waals surface area contributed by atoms with Crippen molar-refractivity contribution in [2.75, 3.05) is 20.6 Å². The SMILES string of the molecule is CN(C)[C@H](CNC(=O)NCc1cn2ccccc2n1)c1ccsc1. The Labute approximate surface area is 145 Å². The van der Waals surface area contributed by atoms with Crippen molar-refractivity contribution in [2.24, 2.45) is 0 Å². The van der Waals surface area contributed by atoms with E-state index < -0.39 is 0 Å². The van der Waals surface area contributed by atoms with E-state index in [2.05, 4.69) is 37.3 Å². The number of hydrogen-bond acceptors (Lipinski definition) is 4. The third kappa shape index (κ3) is 3.93. The number of fused-ring (bicyclic) bond motifs is 1. The van der Waals surface area contributed by atoms with Gasteiger partial charge in [-0.2, -0.15) is 11.3 Å². The maximum absolute atomic E-state index is 12.1. The number of imidazole rings is 1. The van der Waals surface area contributed by atoms with Gasteiger partial charge in [-0.25, -0.2) is 9.78 Å². The van der Waals surface area contributed by atoms with Crippen LogP contribution in [0.25, 0.3) is 5.65 Å². The number of carbonyl (C=O) groups excluding carboxylic acids is 1. The van der Waals surface area contributed by atoms with Crippen molar-refractivity contribution in [1.29, 1.82) is 0 Å². The topological polar surface area (TPSA) is 61.7 Å². The van der Waals surface area contributed by atoms with Gasteiger partial charge in [-0.1, -0.05) is 6.07 Å². The van der Waals surface area contributed by atoms with Crippen LogP contribution in [0.5, 0.6) is 0 Å². The highest BCUT2D eigenvalue weighted by Crippen LogP contribution is 2.19. The van der Waals surface area contributed by atoms with Crippen molar-refractivity contribution in [3.8, 4) is 0 Å². The Balaban J connectivity index is 1.51. The van der Waals surface area contributed by atoms with Gasteiger partial charge in [0.15, 0.2) is 0 Å². The molecule has 0 saturated heterocycles. The predicted octanol–water partition coefficient (Wildman–Crippen LogP) is 2.50. The van der Waals surface area contributed by atoms with Crippen LogP contribution in [0.2, 0.25) is 0 Å². The summed E-state index contributed by atoms with van der Waals surface area (Å²) >= 11 is 1.66. The van der Waals surface area contributed by atoms with Crippen molar-refractivity contribution in [3.05, 3.63) is 58.7 Å². The van der Waals surface area contributed by atoms with Crippen LogP contribution < -0.4 is 10.6 Å². The quantitative estimate of drug-likeness (QED) is 0.723. The van der Waals surface area contributed by atoms with Gasteiger partial charge in [-0.15, -0.1) is 0 Å². The number of rotatable bonds is 6. The van der Waals surface area contributed by atoms with E-state index in [0.29, 0.717) is 13.1 Å². The maximum atomic E-state index is 12.1. The predicted molar refractivity (Wildman–Crippen MR) is 96.2 cm³/mol. The fourth-order valence-electron chi connectivity index (χ4n) is 2.56. The fraction of sp³-hybridized carbons (Fsp3) is 0.294. The van der Waals surface area contributed by atoms with E-state index in [1.807, 2.05) is 49.1 Å². The molecule has 0 saturated carbocycles. The van der Waals surface area contributed by atoms with E-state index in [1.54, 1.807) is 11.3 Å². The number of pyridine rings is 1. The number of urea groups is 1. The number of amides is 2. The zero-order chi connectivity index (χ0) is 16.9. The summed E-state index contributed by atoms with van der Waals surface area (Å²) in [4.78, 5) is 18.6. The minimum atomic E-state index is -0.186. The number of nitrogens with zero attached hydrogens (tertiary/aromatic N) is 3. The number of hydrogen-bond donors (Lipinski definition) is 2. The number of carbonyl (C=O) groups is 1. The van der Waals surface area contributed by atoms with E-state index in [0.717, 1.165) is 11.3 Å². The Hall–Kier alpha value is -2.38. The molecule has 0 spiro atoms. The summed E-state index contributed by atoms with van der Waals surface area (Å²) in [6, 6.07) is 7.89. The summed E-state index contributed by atoms with van der Waals surface area (Å²) in [5.41, 5.74) is 2.92. The van der Waals surface area contributed by atoms with Gasteiger partial charge < -0.3 is 19.9 Å². The molecule has 2 amide bonds. The van der Waals surface area contributed by atoms with Crippen molar-refractivity contribution >= 4 is 23.0 Å². The molecule has 3 aromatic rings. The Kier molecular flexibility index (Phi) is 5.12. The highest BCUT2D eigenvalue weighted by molar-refractivity contribution is 7.07. The maximum Gasteiger partial charge on any atom is 0.315 e. The first-order chi connectivity index (χ1) is 11.6. The van der Waals surface area contributed by atoms with Crippen LogP contribution in [0.15, 0.2) is 47.4 Å². The first-order valence-electron chi connectivity index (χ1n) is 7.76. The second-order valence-corrected chi connectivity index (χ2v) is 6.58. The summed E-state index contributed by atoms with van der Waals surface area (Å²) in [6.07, 6.45) is 3.86. The van der Waals surface area contributed by atoms with Gasteiger partial charge in [0.05, 0.1) is 18.3 Å². The van der Waals surface area contributed by atoms with Crippen molar-refractivity contribution in [1.82, 2.24) is 24.9 Å². The highest BCUT2D eigenvalue weighted by Gasteiger charge is 2.15. The Morgan fingerprint density at radius 1 is 1.33 bits per heavy atom. The fourth-order valence-corrected chi connectivity index (χ4v) is 3.27. The molecule has 0 fully saturated rings. The third-order valence-corrected chi connectivity index (χ3v) is 4.55. The van der Waals surface area contributed by atoms with Crippen LogP contribution in [-0.2, 0) is 6.54 Å². The molecule has 126 valence electrons. The first kappa shape index (κ1) is 16.5. The molecule has 3 rings (SSSR count). The second kappa shape index (κ2) is 7.46. The van der Waals surface area contributed by atoms with Gasteiger partial charge in [-0.05, 0) is 48.6 Å². The first-order valence-corrected chi connectivity index (χ1v) is 8.70. The summed E-state index contributed by atoms with van der Waals surface area (Å²) in [7, 11) is 4.02. The van der Waals surface area contributed by atoms with E-state index in [4.69, 9.17) is 0 Å². The Morgan fingerprint density at radius 2 is 2.21 bits per heavy atom. The van der Waals surface area contributed by atoms with Crippen LogP contribution >= 0.6 is 11.3 Å². The van der Waals surface area contributed by atoms with E-state index in [9.17, 15) is 4.79 Å². The lowest BCUT2D eigenvalue weighted by atomic mass is 10.1. The zero-order valence-electron chi connectivity index (χ0n) is 13.8. The summed E-state index contributed by atoms with van der Waals surface area (Å²) < 4.78 is 1.94. The minimum absolute atomic E-state index is 0.164. The average Bonchev–Trinajstić information content (AvgIpc) is 3.22. The normalized spacial score (nSPS) is 12.5. The molecule has 3 heterocycles. The molecule has 7 heteroatoms. The van der Waals surface area contributed by atoms with E-state index >= 15 is 0 Å². The van der Waals surface area contributed by atoms with Crippen LogP contribution in [0.4, 0.5) is 4.79 Å². The smallest absolute Gasteiger partial charge is 0.315 e. The molecule has 6 nitrogen and oxygen atoms in total. The molecule has 0 unspecified atom stereocenters. The molecule has 0 aliphatic carbocycles. The lowest BCUT2D eigenvalue weighted by Crippen LogP contribution is -2.40. The van der Waals surface area contributed by atoms with Gasteiger partial charge >= 0.3 is 6.03 Å². The summed E-state index contributed by atoms with van der Waals surface area (Å²) in [5.74, 6) is 0. The monoisotopic (exact) mass is 343 g/mol. The van der Waals surface area contributed by atoms with E-state index in [-0.39, 0.29) is 12.1 Å². The number of likely N-dealkylation sites (N-methyl/N-ethyl adjacent to an activating group) is 1. The number of aromatic nitrogens is 2. The highest BCUT2D eigenvalue weighted by atomic mass is 32.1. The lowest BCUT2D eigenvalue weighted by Gasteiger charge is -2.24. The average molecular weight is 343 g/mol. The van der Waals surface area contributed by atoms with Crippen molar-refractivity contribution in [2.45, 2.75) is 12.6 Å². The minimum Gasteiger partial charge on any atom is -0.336 e. The zero-order valence-corrected chi connectivity index (χ0v) is 14.6. The molecule has 0 aromatic carbocycles. The van der Waals surface area contributed by atoms with Gasteiger partial charge in [0, 0.05) is 18.9 Å². The largest absolute Gasteiger partial charge is 0.336 e. The lowest BCUT2D eigenvalue weighted by molar-refractivity contribution is 0.232. The molecule has 0 aliphatic heterocycles. The molecule has 0 radical (unpaired) electrons. The van der Waals surface area contributed by atoms with Gasteiger partial charge in [0.1, 0.15) is 5.65 Å². The molecule has 0 bridgehead atoms.